The quantitative estimate of drug-likeness (QED) is 0.803. The summed E-state index contributed by atoms with van der Waals surface area (Å²) < 4.78 is 16.7. The summed E-state index contributed by atoms with van der Waals surface area (Å²) in [5, 5.41) is 9.87. The van der Waals surface area contributed by atoms with Gasteiger partial charge in [0.25, 0.3) is 0 Å². The molecule has 2 atom stereocenters. The van der Waals surface area contributed by atoms with E-state index in [0.717, 1.165) is 25.1 Å². The van der Waals surface area contributed by atoms with Crippen molar-refractivity contribution < 1.29 is 19.3 Å². The van der Waals surface area contributed by atoms with E-state index in [1.165, 1.54) is 9.75 Å². The van der Waals surface area contributed by atoms with Gasteiger partial charge in [0.15, 0.2) is 11.5 Å². The first-order chi connectivity index (χ1) is 12.7. The highest BCUT2D eigenvalue weighted by atomic mass is 32.1. The zero-order chi connectivity index (χ0) is 18.5. The van der Waals surface area contributed by atoms with E-state index in [2.05, 4.69) is 24.0 Å². The standard InChI is InChI=1S/C20H27NO4S/c1-4-15-6-7-16(26-15)12-21-9-10-25-19(13-22)20(21)14-5-8-17(23-2)18(11-14)24-3/h5-8,11,19-20,22H,4,9-10,12-13H2,1-3H3/t19-,20-/m1/s1. The molecule has 1 fully saturated rings. The molecule has 0 saturated carbocycles. The lowest BCUT2D eigenvalue weighted by Crippen LogP contribution is -2.46. The number of morpholine rings is 1. The Morgan fingerprint density at radius 1 is 1.15 bits per heavy atom. The SMILES string of the molecule is CCc1ccc(CN2CCO[C@H](CO)[C@H]2c2ccc(OC)c(OC)c2)s1. The molecule has 0 radical (unpaired) electrons. The fourth-order valence-electron chi connectivity index (χ4n) is 3.48. The van der Waals surface area contributed by atoms with Crippen molar-refractivity contribution in [3.63, 3.8) is 0 Å². The van der Waals surface area contributed by atoms with Gasteiger partial charge in [-0.3, -0.25) is 4.90 Å². The third kappa shape index (κ3) is 4.04. The van der Waals surface area contributed by atoms with Crippen LogP contribution in [0.3, 0.4) is 0 Å². The highest BCUT2D eigenvalue weighted by Gasteiger charge is 2.34. The Morgan fingerprint density at radius 3 is 2.58 bits per heavy atom. The summed E-state index contributed by atoms with van der Waals surface area (Å²) in [7, 11) is 3.27. The molecule has 2 heterocycles. The summed E-state index contributed by atoms with van der Waals surface area (Å²) in [5.74, 6) is 1.39. The van der Waals surface area contributed by atoms with Gasteiger partial charge in [0.1, 0.15) is 6.10 Å². The van der Waals surface area contributed by atoms with Crippen LogP contribution in [0.15, 0.2) is 30.3 Å². The fourth-order valence-corrected chi connectivity index (χ4v) is 4.46. The van der Waals surface area contributed by atoms with Gasteiger partial charge in [-0.05, 0) is 36.2 Å². The molecule has 1 N–H and O–H groups in total. The summed E-state index contributed by atoms with van der Waals surface area (Å²) in [4.78, 5) is 5.12. The number of aliphatic hydroxyl groups excluding tert-OH is 1. The second-order valence-corrected chi connectivity index (χ2v) is 7.60. The third-order valence-electron chi connectivity index (χ3n) is 4.81. The average molecular weight is 378 g/mol. The Morgan fingerprint density at radius 2 is 1.92 bits per heavy atom. The van der Waals surface area contributed by atoms with Gasteiger partial charge in [-0.2, -0.15) is 0 Å². The van der Waals surface area contributed by atoms with Crippen LogP contribution in [0.25, 0.3) is 0 Å². The summed E-state index contributed by atoms with van der Waals surface area (Å²) >= 11 is 1.86. The van der Waals surface area contributed by atoms with Crippen molar-refractivity contribution in [3.05, 3.63) is 45.6 Å². The van der Waals surface area contributed by atoms with Crippen molar-refractivity contribution in [2.24, 2.45) is 0 Å². The van der Waals surface area contributed by atoms with Crippen LogP contribution >= 0.6 is 11.3 Å². The van der Waals surface area contributed by atoms with Gasteiger partial charge >= 0.3 is 0 Å². The van der Waals surface area contributed by atoms with Gasteiger partial charge < -0.3 is 19.3 Å². The fraction of sp³-hybridized carbons (Fsp3) is 0.500. The zero-order valence-corrected chi connectivity index (χ0v) is 16.4. The number of nitrogens with zero attached hydrogens (tertiary/aromatic N) is 1. The number of ether oxygens (including phenoxy) is 3. The van der Waals surface area contributed by atoms with Crippen molar-refractivity contribution in [1.29, 1.82) is 0 Å². The first-order valence-corrected chi connectivity index (χ1v) is 9.77. The molecule has 1 aliphatic rings. The first-order valence-electron chi connectivity index (χ1n) is 8.96. The number of rotatable bonds is 7. The van der Waals surface area contributed by atoms with Crippen LogP contribution in [0.4, 0.5) is 0 Å². The molecule has 6 heteroatoms. The Bertz CT molecular complexity index is 718. The van der Waals surface area contributed by atoms with Crippen molar-refractivity contribution >= 4 is 11.3 Å². The number of thiophene rings is 1. The Kier molecular flexibility index (Phi) is 6.53. The normalized spacial score (nSPS) is 20.9. The van der Waals surface area contributed by atoms with E-state index in [1.54, 1.807) is 14.2 Å². The maximum absolute atomic E-state index is 9.87. The lowest BCUT2D eigenvalue weighted by molar-refractivity contribution is -0.0958. The Labute approximate surface area is 159 Å². The molecule has 26 heavy (non-hydrogen) atoms. The molecular weight excluding hydrogens is 350 g/mol. The predicted octanol–water partition coefficient (Wildman–Crippen LogP) is 3.26. The van der Waals surface area contributed by atoms with E-state index < -0.39 is 0 Å². The third-order valence-corrected chi connectivity index (χ3v) is 6.02. The van der Waals surface area contributed by atoms with Crippen molar-refractivity contribution in [2.75, 3.05) is 34.0 Å². The van der Waals surface area contributed by atoms with E-state index in [-0.39, 0.29) is 18.8 Å². The number of aliphatic hydroxyl groups is 1. The minimum atomic E-state index is -0.257. The summed E-state index contributed by atoms with van der Waals surface area (Å²) in [6.45, 7) is 4.47. The Hall–Kier alpha value is -1.60. The van der Waals surface area contributed by atoms with Crippen molar-refractivity contribution in [2.45, 2.75) is 32.0 Å². The highest BCUT2D eigenvalue weighted by Crippen LogP contribution is 2.36. The smallest absolute Gasteiger partial charge is 0.161 e. The largest absolute Gasteiger partial charge is 0.493 e. The van der Waals surface area contributed by atoms with Crippen LogP contribution in [-0.2, 0) is 17.7 Å². The number of hydrogen-bond acceptors (Lipinski definition) is 6. The second-order valence-electron chi connectivity index (χ2n) is 6.34. The van der Waals surface area contributed by atoms with Crippen LogP contribution < -0.4 is 9.47 Å². The lowest BCUT2D eigenvalue weighted by Gasteiger charge is -2.40. The van der Waals surface area contributed by atoms with E-state index >= 15 is 0 Å². The Balaban J connectivity index is 1.90. The van der Waals surface area contributed by atoms with Crippen molar-refractivity contribution in [1.82, 2.24) is 4.90 Å². The molecule has 1 aromatic carbocycles. The first kappa shape index (κ1) is 19.2. The van der Waals surface area contributed by atoms with E-state index in [1.807, 2.05) is 29.5 Å². The van der Waals surface area contributed by atoms with Crippen LogP contribution in [-0.4, -0.2) is 50.1 Å². The zero-order valence-electron chi connectivity index (χ0n) is 15.6. The van der Waals surface area contributed by atoms with Gasteiger partial charge in [-0.1, -0.05) is 13.0 Å². The predicted molar refractivity (Wildman–Crippen MR) is 103 cm³/mol. The molecule has 0 aliphatic carbocycles. The van der Waals surface area contributed by atoms with Crippen LogP contribution in [0.5, 0.6) is 11.5 Å². The van der Waals surface area contributed by atoms with E-state index in [9.17, 15) is 5.11 Å². The molecule has 0 unspecified atom stereocenters. The molecule has 5 nitrogen and oxygen atoms in total. The maximum Gasteiger partial charge on any atom is 0.161 e. The summed E-state index contributed by atoms with van der Waals surface area (Å²) in [6.07, 6.45) is 0.805. The molecule has 1 aromatic heterocycles. The molecule has 142 valence electrons. The number of benzene rings is 1. The number of hydrogen-bond donors (Lipinski definition) is 1. The minimum absolute atomic E-state index is 0.0137. The van der Waals surface area contributed by atoms with E-state index in [0.29, 0.717) is 18.1 Å². The topological polar surface area (TPSA) is 51.2 Å². The summed E-state index contributed by atoms with van der Waals surface area (Å²) in [5.41, 5.74) is 1.06. The molecular formula is C20H27NO4S. The number of aryl methyl sites for hydroxylation is 1. The van der Waals surface area contributed by atoms with Gasteiger partial charge in [-0.25, -0.2) is 0 Å². The lowest BCUT2D eigenvalue weighted by atomic mass is 9.97. The minimum Gasteiger partial charge on any atom is -0.493 e. The average Bonchev–Trinajstić information content (AvgIpc) is 3.14. The molecule has 2 aromatic rings. The summed E-state index contributed by atoms with van der Waals surface area (Å²) in [6, 6.07) is 10.3. The number of methoxy groups -OCH3 is 2. The monoisotopic (exact) mass is 377 g/mol. The van der Waals surface area contributed by atoms with Gasteiger partial charge in [0.2, 0.25) is 0 Å². The van der Waals surface area contributed by atoms with Crippen molar-refractivity contribution in [3.8, 4) is 11.5 Å². The van der Waals surface area contributed by atoms with Crippen LogP contribution in [0, 0.1) is 0 Å². The molecule has 3 rings (SSSR count). The maximum atomic E-state index is 9.87. The van der Waals surface area contributed by atoms with Crippen LogP contribution in [0.1, 0.15) is 28.3 Å². The van der Waals surface area contributed by atoms with Crippen LogP contribution in [0.2, 0.25) is 0 Å². The molecule has 0 amide bonds. The second kappa shape index (κ2) is 8.86. The highest BCUT2D eigenvalue weighted by molar-refractivity contribution is 7.11. The van der Waals surface area contributed by atoms with Gasteiger partial charge in [0.05, 0.1) is 33.5 Å². The van der Waals surface area contributed by atoms with Gasteiger partial charge in [-0.15, -0.1) is 11.3 Å². The molecule has 0 spiro atoms. The molecule has 1 aliphatic heterocycles. The van der Waals surface area contributed by atoms with E-state index in [4.69, 9.17) is 14.2 Å². The van der Waals surface area contributed by atoms with Gasteiger partial charge in [0, 0.05) is 22.8 Å². The molecule has 0 bridgehead atoms. The molecule has 1 saturated heterocycles.